The van der Waals surface area contributed by atoms with E-state index < -0.39 is 0 Å². The van der Waals surface area contributed by atoms with E-state index in [4.69, 9.17) is 4.42 Å². The Labute approximate surface area is 190 Å². The summed E-state index contributed by atoms with van der Waals surface area (Å²) < 4.78 is 7.43. The van der Waals surface area contributed by atoms with Gasteiger partial charge in [-0.3, -0.25) is 4.79 Å². The van der Waals surface area contributed by atoms with Crippen molar-refractivity contribution in [2.45, 2.75) is 53.0 Å². The van der Waals surface area contributed by atoms with Crippen LogP contribution < -0.4 is 5.56 Å². The molecule has 32 heavy (non-hydrogen) atoms. The molecular formula is C24H26N4O3S. The molecule has 0 amide bonds. The van der Waals surface area contributed by atoms with Crippen molar-refractivity contribution in [3.8, 4) is 28.3 Å². The third-order valence-electron chi connectivity index (χ3n) is 5.33. The normalized spacial score (nSPS) is 11.2. The summed E-state index contributed by atoms with van der Waals surface area (Å²) >= 11 is 1.55. The summed E-state index contributed by atoms with van der Waals surface area (Å²) in [5, 5.41) is 22.2. The van der Waals surface area contributed by atoms with Crippen LogP contribution in [0.3, 0.4) is 0 Å². The van der Waals surface area contributed by atoms with Crippen molar-refractivity contribution in [1.82, 2.24) is 19.7 Å². The smallest absolute Gasteiger partial charge is 0.267 e. The van der Waals surface area contributed by atoms with E-state index in [-0.39, 0.29) is 22.8 Å². The number of hydrogen-bond donors (Lipinski definition) is 1. The SMILES string of the molecule is CCCCn1cc(-c2cccc(CC)c2)c(O)c(-c2nnc(Cc3csc(C)n3)o2)c1=O. The summed E-state index contributed by atoms with van der Waals surface area (Å²) in [5.41, 5.74) is 3.08. The summed E-state index contributed by atoms with van der Waals surface area (Å²) in [6, 6.07) is 7.95. The molecule has 0 saturated carbocycles. The number of benzene rings is 1. The number of thiazole rings is 1. The Kier molecular flexibility index (Phi) is 6.50. The van der Waals surface area contributed by atoms with Crippen molar-refractivity contribution in [3.05, 3.63) is 68.4 Å². The molecule has 3 heterocycles. The average Bonchev–Trinajstić information content (AvgIpc) is 3.42. The summed E-state index contributed by atoms with van der Waals surface area (Å²) in [7, 11) is 0. The van der Waals surface area contributed by atoms with E-state index in [1.165, 1.54) is 0 Å². The van der Waals surface area contributed by atoms with Gasteiger partial charge in [0.15, 0.2) is 0 Å². The second-order valence-electron chi connectivity index (χ2n) is 7.71. The van der Waals surface area contributed by atoms with Gasteiger partial charge in [-0.1, -0.05) is 44.5 Å². The number of unbranched alkanes of at least 4 members (excludes halogenated alkanes) is 1. The topological polar surface area (TPSA) is 94.0 Å². The highest BCUT2D eigenvalue weighted by Gasteiger charge is 2.23. The van der Waals surface area contributed by atoms with Gasteiger partial charge < -0.3 is 14.1 Å². The lowest BCUT2D eigenvalue weighted by molar-refractivity contribution is 0.465. The van der Waals surface area contributed by atoms with E-state index in [9.17, 15) is 9.90 Å². The lowest BCUT2D eigenvalue weighted by Crippen LogP contribution is -2.22. The molecule has 0 aliphatic heterocycles. The fourth-order valence-electron chi connectivity index (χ4n) is 3.58. The zero-order valence-electron chi connectivity index (χ0n) is 18.5. The zero-order chi connectivity index (χ0) is 22.7. The number of nitrogens with zero attached hydrogens (tertiary/aromatic N) is 4. The van der Waals surface area contributed by atoms with Crippen LogP contribution in [0.4, 0.5) is 0 Å². The van der Waals surface area contributed by atoms with Crippen LogP contribution in [0, 0.1) is 6.92 Å². The van der Waals surface area contributed by atoms with Gasteiger partial charge in [0.05, 0.1) is 17.1 Å². The van der Waals surface area contributed by atoms with E-state index in [2.05, 4.69) is 29.0 Å². The van der Waals surface area contributed by atoms with Gasteiger partial charge in [-0.15, -0.1) is 21.5 Å². The summed E-state index contributed by atoms with van der Waals surface area (Å²) in [4.78, 5) is 17.7. The molecule has 1 N–H and O–H groups in total. The fraction of sp³-hybridized carbons (Fsp3) is 0.333. The van der Waals surface area contributed by atoms with E-state index in [0.29, 0.717) is 24.4 Å². The van der Waals surface area contributed by atoms with Crippen LogP contribution in [0.1, 0.15) is 48.8 Å². The van der Waals surface area contributed by atoms with Gasteiger partial charge in [0, 0.05) is 23.7 Å². The molecule has 8 heteroatoms. The molecule has 0 radical (unpaired) electrons. The van der Waals surface area contributed by atoms with Crippen molar-refractivity contribution < 1.29 is 9.52 Å². The van der Waals surface area contributed by atoms with Crippen LogP contribution in [-0.4, -0.2) is 24.9 Å². The second kappa shape index (κ2) is 9.48. The molecule has 0 aliphatic rings. The molecule has 0 unspecified atom stereocenters. The van der Waals surface area contributed by atoms with Crippen LogP contribution in [0.15, 0.2) is 45.1 Å². The van der Waals surface area contributed by atoms with Crippen molar-refractivity contribution in [2.75, 3.05) is 0 Å². The van der Waals surface area contributed by atoms with Crippen molar-refractivity contribution >= 4 is 11.3 Å². The molecule has 4 rings (SSSR count). The van der Waals surface area contributed by atoms with Gasteiger partial charge in [-0.25, -0.2) is 4.98 Å². The number of rotatable bonds is 8. The minimum atomic E-state index is -0.342. The predicted octanol–water partition coefficient (Wildman–Crippen LogP) is 4.99. The molecule has 0 spiro atoms. The highest BCUT2D eigenvalue weighted by Crippen LogP contribution is 2.36. The molecule has 0 bridgehead atoms. The highest BCUT2D eigenvalue weighted by molar-refractivity contribution is 7.09. The maximum absolute atomic E-state index is 13.2. The second-order valence-corrected chi connectivity index (χ2v) is 8.77. The summed E-state index contributed by atoms with van der Waals surface area (Å²) in [5.74, 6) is 0.228. The Balaban J connectivity index is 1.81. The van der Waals surface area contributed by atoms with Gasteiger partial charge in [0.25, 0.3) is 11.4 Å². The molecule has 0 saturated heterocycles. The van der Waals surface area contributed by atoms with Gasteiger partial charge in [-0.2, -0.15) is 0 Å². The van der Waals surface area contributed by atoms with Gasteiger partial charge in [-0.05, 0) is 30.9 Å². The largest absolute Gasteiger partial charge is 0.506 e. The first kappa shape index (κ1) is 22.0. The Morgan fingerprint density at radius 3 is 2.78 bits per heavy atom. The van der Waals surface area contributed by atoms with Crippen molar-refractivity contribution in [1.29, 1.82) is 0 Å². The molecule has 1 aromatic carbocycles. The average molecular weight is 451 g/mol. The quantitative estimate of drug-likeness (QED) is 0.406. The van der Waals surface area contributed by atoms with Crippen LogP contribution in [0.25, 0.3) is 22.6 Å². The Morgan fingerprint density at radius 2 is 2.06 bits per heavy atom. The molecule has 166 valence electrons. The van der Waals surface area contributed by atoms with E-state index in [1.54, 1.807) is 22.1 Å². The number of aromatic hydroxyl groups is 1. The molecule has 0 atom stereocenters. The van der Waals surface area contributed by atoms with Crippen molar-refractivity contribution in [3.63, 3.8) is 0 Å². The zero-order valence-corrected chi connectivity index (χ0v) is 19.3. The minimum absolute atomic E-state index is 0.0215. The highest BCUT2D eigenvalue weighted by atomic mass is 32.1. The molecular weight excluding hydrogens is 424 g/mol. The maximum atomic E-state index is 13.2. The van der Waals surface area contributed by atoms with E-state index >= 15 is 0 Å². The van der Waals surface area contributed by atoms with Gasteiger partial charge in [0.2, 0.25) is 5.89 Å². The van der Waals surface area contributed by atoms with E-state index in [0.717, 1.165) is 41.1 Å². The standard InChI is InChI=1S/C24H26N4O3S/c1-4-6-10-28-13-19(17-9-7-8-16(5-2)11-17)22(29)21(24(28)30)23-27-26-20(31-23)12-18-14-32-15(3)25-18/h7-9,11,13-14,29H,4-6,10,12H2,1-3H3. The van der Waals surface area contributed by atoms with Crippen LogP contribution in [0.5, 0.6) is 5.75 Å². The van der Waals surface area contributed by atoms with Crippen molar-refractivity contribution in [2.24, 2.45) is 0 Å². The molecule has 0 aliphatic carbocycles. The van der Waals surface area contributed by atoms with Crippen LogP contribution >= 0.6 is 11.3 Å². The monoisotopic (exact) mass is 450 g/mol. The molecule has 3 aromatic heterocycles. The molecule has 0 fully saturated rings. The predicted molar refractivity (Wildman–Crippen MR) is 125 cm³/mol. The summed E-state index contributed by atoms with van der Waals surface area (Å²) in [6.07, 6.45) is 4.76. The first-order valence-electron chi connectivity index (χ1n) is 10.8. The third kappa shape index (κ3) is 4.50. The van der Waals surface area contributed by atoms with E-state index in [1.807, 2.05) is 36.6 Å². The van der Waals surface area contributed by atoms with Crippen LogP contribution in [-0.2, 0) is 19.4 Å². The van der Waals surface area contributed by atoms with Crippen LogP contribution in [0.2, 0.25) is 0 Å². The fourth-order valence-corrected chi connectivity index (χ4v) is 4.20. The Hall–Kier alpha value is -3.26. The molecule has 4 aromatic rings. The lowest BCUT2D eigenvalue weighted by Gasteiger charge is -2.13. The Bertz CT molecular complexity index is 1290. The number of pyridine rings is 1. The summed E-state index contributed by atoms with van der Waals surface area (Å²) in [6.45, 7) is 6.63. The minimum Gasteiger partial charge on any atom is -0.506 e. The van der Waals surface area contributed by atoms with Gasteiger partial charge in [0.1, 0.15) is 11.3 Å². The third-order valence-corrected chi connectivity index (χ3v) is 6.15. The number of aryl methyl sites for hydroxylation is 3. The Morgan fingerprint density at radius 1 is 1.22 bits per heavy atom. The number of hydrogen-bond acceptors (Lipinski definition) is 7. The first-order valence-corrected chi connectivity index (χ1v) is 11.7. The first-order chi connectivity index (χ1) is 15.5. The molecule has 7 nitrogen and oxygen atoms in total. The lowest BCUT2D eigenvalue weighted by atomic mass is 10.0. The number of aromatic nitrogens is 4. The van der Waals surface area contributed by atoms with Gasteiger partial charge >= 0.3 is 0 Å². The maximum Gasteiger partial charge on any atom is 0.267 e.